The maximum absolute atomic E-state index is 12.6. The van der Waals surface area contributed by atoms with Gasteiger partial charge >= 0.3 is 0 Å². The molecule has 4 nitrogen and oxygen atoms in total. The molecule has 0 amide bonds. The minimum atomic E-state index is -1.12. The van der Waals surface area contributed by atoms with Crippen molar-refractivity contribution < 1.29 is 23.0 Å². The summed E-state index contributed by atoms with van der Waals surface area (Å²) in [5.74, 6) is -0.273. The van der Waals surface area contributed by atoms with Gasteiger partial charge < -0.3 is 15.2 Å². The van der Waals surface area contributed by atoms with Crippen LogP contribution in [0.5, 0.6) is 11.5 Å². The topological polar surface area (TPSA) is 61.6 Å². The zero-order chi connectivity index (χ0) is 16.1. The molecule has 0 radical (unpaired) electrons. The number of rotatable bonds is 2. The van der Waals surface area contributed by atoms with Crippen LogP contribution in [-0.2, 0) is 6.54 Å². The van der Waals surface area contributed by atoms with E-state index in [1.165, 1.54) is 0 Å². The number of hydrogen-bond acceptors (Lipinski definition) is 4. The highest BCUT2D eigenvalue weighted by Gasteiger charge is 2.14. The van der Waals surface area contributed by atoms with Crippen LogP contribution in [0, 0.1) is 11.6 Å². The molecule has 116 valence electrons. The Morgan fingerprint density at radius 2 is 1.77 bits per heavy atom. The number of ether oxygens (including phenoxy) is 2. The third kappa shape index (κ3) is 3.72. The van der Waals surface area contributed by atoms with Crippen LogP contribution < -0.4 is 15.2 Å². The number of fused-ring (bicyclic) bond motifs is 1. The normalized spacial score (nSPS) is 11.6. The van der Waals surface area contributed by atoms with Crippen molar-refractivity contribution in [1.82, 2.24) is 0 Å². The van der Waals surface area contributed by atoms with Crippen molar-refractivity contribution in [3.63, 3.8) is 0 Å². The lowest BCUT2D eigenvalue weighted by atomic mass is 10.2. The van der Waals surface area contributed by atoms with Gasteiger partial charge in [0.15, 0.2) is 11.5 Å². The molecule has 22 heavy (non-hydrogen) atoms. The summed E-state index contributed by atoms with van der Waals surface area (Å²) >= 11 is 4.89. The van der Waals surface area contributed by atoms with Crippen molar-refractivity contribution >= 4 is 16.8 Å². The molecule has 0 bridgehead atoms. The highest BCUT2D eigenvalue weighted by molar-refractivity contribution is 6.67. The summed E-state index contributed by atoms with van der Waals surface area (Å²) in [6, 6.07) is 8.83. The molecular weight excluding hydrogens is 316 g/mol. The van der Waals surface area contributed by atoms with Crippen molar-refractivity contribution in [1.29, 1.82) is 0 Å². The summed E-state index contributed by atoms with van der Waals surface area (Å²) in [6.45, 7) is 0.861. The Labute approximate surface area is 130 Å². The molecule has 3 rings (SSSR count). The second-order valence-corrected chi connectivity index (χ2v) is 4.61. The van der Waals surface area contributed by atoms with Crippen LogP contribution in [0.3, 0.4) is 0 Å². The van der Waals surface area contributed by atoms with Crippen LogP contribution in [-0.4, -0.2) is 12.0 Å². The summed E-state index contributed by atoms with van der Waals surface area (Å²) in [7, 11) is 0. The molecular formula is C15H12ClF2NO3. The molecule has 0 saturated heterocycles. The van der Waals surface area contributed by atoms with Gasteiger partial charge in [0.25, 0.3) is 5.24 Å². The molecule has 0 saturated carbocycles. The third-order valence-electron chi connectivity index (χ3n) is 2.83. The van der Waals surface area contributed by atoms with Crippen LogP contribution >= 0.6 is 11.6 Å². The van der Waals surface area contributed by atoms with Crippen LogP contribution in [0.2, 0.25) is 0 Å². The Hall–Kier alpha value is -2.18. The molecule has 2 aromatic carbocycles. The molecule has 0 aromatic heterocycles. The summed E-state index contributed by atoms with van der Waals surface area (Å²) in [4.78, 5) is 10.4. The summed E-state index contributed by atoms with van der Waals surface area (Å²) in [6.07, 6.45) is 0. The summed E-state index contributed by atoms with van der Waals surface area (Å²) in [5.41, 5.74) is 5.81. The molecule has 1 aliphatic heterocycles. The standard InChI is InChI=1S/C8H9NO2.C7H3ClF2O/c9-4-6-1-2-7-8(3-6)11-5-10-7;8-7(11)6-4(9)2-1-3-5(6)10/h1-3H,4-5,9H2;1-3H. The number of carbonyl (C=O) groups is 1. The lowest BCUT2D eigenvalue weighted by Gasteiger charge is -1.97. The Bertz CT molecular complexity index is 674. The molecule has 0 aliphatic carbocycles. The predicted octanol–water partition coefficient (Wildman–Crippen LogP) is 3.22. The maximum atomic E-state index is 12.6. The minimum Gasteiger partial charge on any atom is -0.454 e. The van der Waals surface area contributed by atoms with Crippen LogP contribution in [0.25, 0.3) is 0 Å². The monoisotopic (exact) mass is 327 g/mol. The smallest absolute Gasteiger partial charge is 0.258 e. The molecule has 2 N–H and O–H groups in total. The molecule has 0 fully saturated rings. The van der Waals surface area contributed by atoms with Crippen LogP contribution in [0.15, 0.2) is 36.4 Å². The molecule has 2 aromatic rings. The second-order valence-electron chi connectivity index (χ2n) is 4.26. The van der Waals surface area contributed by atoms with E-state index in [1.54, 1.807) is 0 Å². The van der Waals surface area contributed by atoms with Gasteiger partial charge in [0.1, 0.15) is 17.2 Å². The van der Waals surface area contributed by atoms with Gasteiger partial charge in [0, 0.05) is 6.54 Å². The first-order chi connectivity index (χ1) is 10.5. The van der Waals surface area contributed by atoms with Crippen molar-refractivity contribution in [3.05, 3.63) is 59.2 Å². The van der Waals surface area contributed by atoms with Crippen LogP contribution in [0.1, 0.15) is 15.9 Å². The number of carbonyl (C=O) groups excluding carboxylic acids is 1. The van der Waals surface area contributed by atoms with E-state index in [-0.39, 0.29) is 0 Å². The van der Waals surface area contributed by atoms with Gasteiger partial charge in [-0.25, -0.2) is 8.78 Å². The van der Waals surface area contributed by atoms with E-state index in [9.17, 15) is 13.6 Å². The maximum Gasteiger partial charge on any atom is 0.258 e. The fourth-order valence-corrected chi connectivity index (χ4v) is 1.93. The molecule has 7 heteroatoms. The van der Waals surface area contributed by atoms with Crippen molar-refractivity contribution in [2.45, 2.75) is 6.54 Å². The Kier molecular flexibility index (Phi) is 5.30. The highest BCUT2D eigenvalue weighted by atomic mass is 35.5. The Morgan fingerprint density at radius 3 is 2.32 bits per heavy atom. The number of nitrogens with two attached hydrogens (primary N) is 1. The highest BCUT2D eigenvalue weighted by Crippen LogP contribution is 2.32. The third-order valence-corrected chi connectivity index (χ3v) is 3.02. The molecule has 1 aliphatic rings. The largest absolute Gasteiger partial charge is 0.454 e. The first kappa shape index (κ1) is 16.2. The Balaban J connectivity index is 0.000000160. The van der Waals surface area contributed by atoms with Gasteiger partial charge in [0.05, 0.1) is 0 Å². The fraction of sp³-hybridized carbons (Fsp3) is 0.133. The van der Waals surface area contributed by atoms with Crippen LogP contribution in [0.4, 0.5) is 8.78 Å². The molecule has 0 spiro atoms. The van der Waals surface area contributed by atoms with Gasteiger partial charge in [-0.2, -0.15) is 0 Å². The number of halogens is 3. The van der Waals surface area contributed by atoms with E-state index in [2.05, 4.69) is 0 Å². The second kappa shape index (κ2) is 7.20. The number of hydrogen-bond donors (Lipinski definition) is 1. The van der Waals surface area contributed by atoms with E-state index in [0.29, 0.717) is 13.3 Å². The van der Waals surface area contributed by atoms with Crippen molar-refractivity contribution in [2.75, 3.05) is 6.79 Å². The SMILES string of the molecule is NCc1ccc2c(c1)OCO2.O=C(Cl)c1c(F)cccc1F. The van der Waals surface area contributed by atoms with E-state index in [4.69, 9.17) is 26.8 Å². The van der Waals surface area contributed by atoms with Crippen molar-refractivity contribution in [3.8, 4) is 11.5 Å². The first-order valence-electron chi connectivity index (χ1n) is 6.25. The quantitative estimate of drug-likeness (QED) is 0.860. The molecule has 0 atom stereocenters. The molecule has 1 heterocycles. The van der Waals surface area contributed by atoms with Gasteiger partial charge in [-0.1, -0.05) is 12.1 Å². The van der Waals surface area contributed by atoms with E-state index in [1.807, 2.05) is 18.2 Å². The minimum absolute atomic E-state index is 0.323. The Morgan fingerprint density at radius 1 is 1.14 bits per heavy atom. The average molecular weight is 328 g/mol. The first-order valence-corrected chi connectivity index (χ1v) is 6.63. The summed E-state index contributed by atoms with van der Waals surface area (Å²) < 4.78 is 35.4. The lowest BCUT2D eigenvalue weighted by molar-refractivity contribution is 0.107. The van der Waals surface area contributed by atoms with E-state index < -0.39 is 22.4 Å². The lowest BCUT2D eigenvalue weighted by Crippen LogP contribution is -1.98. The van der Waals surface area contributed by atoms with E-state index in [0.717, 1.165) is 35.3 Å². The fourth-order valence-electron chi connectivity index (χ4n) is 1.75. The average Bonchev–Trinajstić information content (AvgIpc) is 2.94. The molecule has 0 unspecified atom stereocenters. The van der Waals surface area contributed by atoms with Gasteiger partial charge in [-0.05, 0) is 41.4 Å². The van der Waals surface area contributed by atoms with Gasteiger partial charge in [0.2, 0.25) is 6.79 Å². The van der Waals surface area contributed by atoms with E-state index >= 15 is 0 Å². The summed E-state index contributed by atoms with van der Waals surface area (Å²) in [5, 5.41) is -1.12. The van der Waals surface area contributed by atoms with Gasteiger partial charge in [-0.15, -0.1) is 0 Å². The number of benzene rings is 2. The zero-order valence-electron chi connectivity index (χ0n) is 11.3. The van der Waals surface area contributed by atoms with Gasteiger partial charge in [-0.3, -0.25) is 4.79 Å². The zero-order valence-corrected chi connectivity index (χ0v) is 12.1. The predicted molar refractivity (Wildman–Crippen MR) is 77.0 cm³/mol. The van der Waals surface area contributed by atoms with Crippen molar-refractivity contribution in [2.24, 2.45) is 5.73 Å².